The zero-order valence-electron chi connectivity index (χ0n) is 10.0. The minimum atomic E-state index is -0.276. The highest BCUT2D eigenvalue weighted by atomic mass is 16.1. The maximum absolute atomic E-state index is 11.0. The smallest absolute Gasteiger partial charge is 0.217 e. The van der Waals surface area contributed by atoms with Gasteiger partial charge in [-0.05, 0) is 18.8 Å². The van der Waals surface area contributed by atoms with Crippen LogP contribution in [-0.4, -0.2) is 29.0 Å². The van der Waals surface area contributed by atoms with Crippen LogP contribution < -0.4 is 10.6 Å². The molecule has 1 aromatic heterocycles. The van der Waals surface area contributed by atoms with Crippen LogP contribution in [0.1, 0.15) is 25.0 Å². The number of primary amides is 1. The summed E-state index contributed by atoms with van der Waals surface area (Å²) in [5.74, 6) is 0.570. The maximum Gasteiger partial charge on any atom is 0.217 e. The Kier molecular flexibility index (Phi) is 3.72. The number of piperidine rings is 1. The van der Waals surface area contributed by atoms with Crippen molar-refractivity contribution in [3.05, 3.63) is 18.1 Å². The third kappa shape index (κ3) is 2.74. The van der Waals surface area contributed by atoms with Crippen LogP contribution in [0.15, 0.2) is 12.4 Å². The molecule has 1 aliphatic heterocycles. The summed E-state index contributed by atoms with van der Waals surface area (Å²) in [6, 6.07) is 2.04. The molecule has 1 aromatic rings. The maximum atomic E-state index is 11.0. The number of aromatic nitrogens is 2. The normalized spacial score (nSPS) is 19.3. The van der Waals surface area contributed by atoms with E-state index in [1.807, 2.05) is 11.0 Å². The van der Waals surface area contributed by atoms with E-state index in [4.69, 9.17) is 11.0 Å². The van der Waals surface area contributed by atoms with Crippen molar-refractivity contribution in [1.82, 2.24) is 9.97 Å². The van der Waals surface area contributed by atoms with Gasteiger partial charge in [0.2, 0.25) is 5.91 Å². The van der Waals surface area contributed by atoms with Crippen LogP contribution in [0.3, 0.4) is 0 Å². The molecular formula is C12H15N5O. The molecule has 94 valence electrons. The quantitative estimate of drug-likeness (QED) is 0.833. The summed E-state index contributed by atoms with van der Waals surface area (Å²) < 4.78 is 0. The Morgan fingerprint density at radius 2 is 2.33 bits per heavy atom. The van der Waals surface area contributed by atoms with Gasteiger partial charge < -0.3 is 10.6 Å². The zero-order valence-corrected chi connectivity index (χ0v) is 10.0. The number of carbonyl (C=O) groups excluding carboxylic acids is 1. The number of nitrogens with zero attached hydrogens (tertiary/aromatic N) is 4. The van der Waals surface area contributed by atoms with Crippen molar-refractivity contribution in [3.8, 4) is 6.07 Å². The molecule has 0 aromatic carbocycles. The zero-order chi connectivity index (χ0) is 13.0. The lowest BCUT2D eigenvalue weighted by Crippen LogP contribution is -2.38. The van der Waals surface area contributed by atoms with Gasteiger partial charge in [0.25, 0.3) is 0 Å². The molecule has 6 nitrogen and oxygen atoms in total. The number of rotatable bonds is 3. The summed E-state index contributed by atoms with van der Waals surface area (Å²) in [7, 11) is 0. The van der Waals surface area contributed by atoms with Crippen LogP contribution >= 0.6 is 0 Å². The van der Waals surface area contributed by atoms with Gasteiger partial charge in [-0.3, -0.25) is 4.79 Å². The molecule has 0 aliphatic carbocycles. The number of hydrogen-bond donors (Lipinski definition) is 1. The lowest BCUT2D eigenvalue weighted by atomic mass is 9.94. The van der Waals surface area contributed by atoms with Crippen molar-refractivity contribution >= 4 is 11.7 Å². The lowest BCUT2D eigenvalue weighted by Gasteiger charge is -2.33. The van der Waals surface area contributed by atoms with Gasteiger partial charge in [0, 0.05) is 31.9 Å². The second-order valence-corrected chi connectivity index (χ2v) is 4.47. The molecule has 1 aliphatic rings. The van der Waals surface area contributed by atoms with E-state index >= 15 is 0 Å². The van der Waals surface area contributed by atoms with Crippen molar-refractivity contribution < 1.29 is 4.79 Å². The van der Waals surface area contributed by atoms with Gasteiger partial charge >= 0.3 is 0 Å². The highest BCUT2D eigenvalue weighted by Gasteiger charge is 2.24. The van der Waals surface area contributed by atoms with Crippen molar-refractivity contribution in [2.24, 2.45) is 11.7 Å². The number of nitrogens with two attached hydrogens (primary N) is 1. The third-order valence-corrected chi connectivity index (χ3v) is 3.09. The van der Waals surface area contributed by atoms with Gasteiger partial charge in [-0.15, -0.1) is 0 Å². The van der Waals surface area contributed by atoms with E-state index in [1.54, 1.807) is 6.20 Å². The van der Waals surface area contributed by atoms with Crippen LogP contribution in [0, 0.1) is 17.2 Å². The topological polar surface area (TPSA) is 95.9 Å². The lowest BCUT2D eigenvalue weighted by molar-refractivity contribution is -0.118. The van der Waals surface area contributed by atoms with Crippen molar-refractivity contribution in [1.29, 1.82) is 5.26 Å². The van der Waals surface area contributed by atoms with E-state index < -0.39 is 0 Å². The predicted molar refractivity (Wildman–Crippen MR) is 65.5 cm³/mol. The van der Waals surface area contributed by atoms with E-state index in [0.29, 0.717) is 24.5 Å². The van der Waals surface area contributed by atoms with Crippen molar-refractivity contribution in [2.45, 2.75) is 19.3 Å². The van der Waals surface area contributed by atoms with Crippen molar-refractivity contribution in [2.75, 3.05) is 18.0 Å². The highest BCUT2D eigenvalue weighted by molar-refractivity contribution is 5.74. The Bertz CT molecular complexity index is 482. The molecule has 0 saturated carbocycles. The standard InChI is InChI=1S/C12H15N5O/c13-7-10-12(16-4-3-15-10)17-5-1-2-9(8-17)6-11(14)18/h3-4,9H,1-2,5-6,8H2,(H2,14,18). The molecule has 2 N–H and O–H groups in total. The summed E-state index contributed by atoms with van der Waals surface area (Å²) in [6.07, 6.45) is 5.43. The molecule has 0 spiro atoms. The Morgan fingerprint density at radius 3 is 3.06 bits per heavy atom. The molecule has 1 fully saturated rings. The first-order valence-corrected chi connectivity index (χ1v) is 5.95. The molecule has 0 radical (unpaired) electrons. The van der Waals surface area contributed by atoms with Crippen LogP contribution in [0.4, 0.5) is 5.82 Å². The summed E-state index contributed by atoms with van der Waals surface area (Å²) in [5.41, 5.74) is 5.56. The minimum absolute atomic E-state index is 0.241. The van der Waals surface area contributed by atoms with Gasteiger partial charge in [0.15, 0.2) is 11.5 Å². The number of carbonyl (C=O) groups is 1. The molecule has 6 heteroatoms. The molecule has 1 amide bonds. The average molecular weight is 245 g/mol. The van der Waals surface area contributed by atoms with Crippen molar-refractivity contribution in [3.63, 3.8) is 0 Å². The van der Waals surface area contributed by atoms with Crippen LogP contribution in [0.5, 0.6) is 0 Å². The van der Waals surface area contributed by atoms with Gasteiger partial charge in [0.1, 0.15) is 6.07 Å². The first-order chi connectivity index (χ1) is 8.70. The minimum Gasteiger partial charge on any atom is -0.370 e. The second kappa shape index (κ2) is 5.45. The first kappa shape index (κ1) is 12.3. The fourth-order valence-electron chi connectivity index (χ4n) is 2.35. The molecule has 1 unspecified atom stereocenters. The van der Waals surface area contributed by atoms with E-state index in [-0.39, 0.29) is 11.8 Å². The highest BCUT2D eigenvalue weighted by Crippen LogP contribution is 2.24. The third-order valence-electron chi connectivity index (χ3n) is 3.09. The Labute approximate surface area is 105 Å². The fourth-order valence-corrected chi connectivity index (χ4v) is 2.35. The molecule has 1 atom stereocenters. The SMILES string of the molecule is N#Cc1nccnc1N1CCCC(CC(N)=O)C1. The first-order valence-electron chi connectivity index (χ1n) is 5.95. The molecule has 2 heterocycles. The number of hydrogen-bond acceptors (Lipinski definition) is 5. The van der Waals surface area contributed by atoms with E-state index in [9.17, 15) is 4.79 Å². The van der Waals surface area contributed by atoms with Crippen LogP contribution in [-0.2, 0) is 4.79 Å². The summed E-state index contributed by atoms with van der Waals surface area (Å²) in [5, 5.41) is 9.01. The molecule has 1 saturated heterocycles. The molecule has 0 bridgehead atoms. The number of anilines is 1. The van der Waals surface area contributed by atoms with E-state index in [2.05, 4.69) is 9.97 Å². The van der Waals surface area contributed by atoms with Gasteiger partial charge in [-0.1, -0.05) is 0 Å². The fraction of sp³-hybridized carbons (Fsp3) is 0.500. The Morgan fingerprint density at radius 1 is 1.56 bits per heavy atom. The number of amides is 1. The van der Waals surface area contributed by atoms with Crippen LogP contribution in [0.2, 0.25) is 0 Å². The van der Waals surface area contributed by atoms with Gasteiger partial charge in [-0.25, -0.2) is 9.97 Å². The van der Waals surface area contributed by atoms with Crippen LogP contribution in [0.25, 0.3) is 0 Å². The van der Waals surface area contributed by atoms with Gasteiger partial charge in [0.05, 0.1) is 0 Å². The van der Waals surface area contributed by atoms with E-state index in [0.717, 1.165) is 19.4 Å². The average Bonchev–Trinajstić information content (AvgIpc) is 2.38. The summed E-state index contributed by atoms with van der Waals surface area (Å²) in [4.78, 5) is 21.2. The Balaban J connectivity index is 2.13. The summed E-state index contributed by atoms with van der Waals surface area (Å²) in [6.45, 7) is 1.54. The summed E-state index contributed by atoms with van der Waals surface area (Å²) >= 11 is 0. The Hall–Kier alpha value is -2.16. The van der Waals surface area contributed by atoms with Gasteiger partial charge in [-0.2, -0.15) is 5.26 Å². The monoisotopic (exact) mass is 245 g/mol. The molecule has 2 rings (SSSR count). The predicted octanol–water partition coefficient (Wildman–Crippen LogP) is 0.440. The second-order valence-electron chi connectivity index (χ2n) is 4.47. The number of nitriles is 1. The molecular weight excluding hydrogens is 230 g/mol. The molecule has 18 heavy (non-hydrogen) atoms. The largest absolute Gasteiger partial charge is 0.370 e. The van der Waals surface area contributed by atoms with E-state index in [1.165, 1.54) is 6.20 Å².